The molecule has 0 saturated heterocycles. The van der Waals surface area contributed by atoms with E-state index in [2.05, 4.69) is 53.0 Å². The zero-order chi connectivity index (χ0) is 20.9. The normalized spacial score (nSPS) is 11.0. The smallest absolute Gasteiger partial charge is 0.216 e. The van der Waals surface area contributed by atoms with Crippen LogP contribution in [0.15, 0.2) is 67.0 Å². The molecule has 2 aromatic heterocycles. The molecule has 0 spiro atoms. The van der Waals surface area contributed by atoms with Crippen LogP contribution >= 0.6 is 0 Å². The van der Waals surface area contributed by atoms with Crippen LogP contribution in [0.3, 0.4) is 0 Å². The average molecular weight is 399 g/mol. The standard InChI is InChI=1S/C24H25N5O/c1-17-22(20-8-4-3-5-9-20)15-27-29-16-23(28-24(17)29)21-10-6-7-19(13-21)14-25-11-12-26-18(2)30/h3-10,13,15-16,25H,11-12,14H2,1-2H3,(H,26,30). The lowest BCUT2D eigenvalue weighted by Crippen LogP contribution is -2.29. The number of aryl methyl sites for hydroxylation is 1. The van der Waals surface area contributed by atoms with E-state index in [1.807, 2.05) is 41.2 Å². The van der Waals surface area contributed by atoms with Crippen LogP contribution in [0.5, 0.6) is 0 Å². The second-order valence-electron chi connectivity index (χ2n) is 7.30. The molecule has 1 amide bonds. The number of hydrogen-bond acceptors (Lipinski definition) is 4. The fourth-order valence-corrected chi connectivity index (χ4v) is 3.50. The number of nitrogens with zero attached hydrogens (tertiary/aromatic N) is 3. The molecule has 0 saturated carbocycles. The van der Waals surface area contributed by atoms with E-state index < -0.39 is 0 Å². The number of nitrogens with one attached hydrogen (secondary N) is 2. The molecule has 152 valence electrons. The van der Waals surface area contributed by atoms with Crippen molar-refractivity contribution >= 4 is 11.6 Å². The molecule has 0 aliphatic carbocycles. The quantitative estimate of drug-likeness (QED) is 0.466. The van der Waals surface area contributed by atoms with Crippen molar-refractivity contribution in [2.45, 2.75) is 20.4 Å². The minimum Gasteiger partial charge on any atom is -0.355 e. The van der Waals surface area contributed by atoms with Gasteiger partial charge >= 0.3 is 0 Å². The number of fused-ring (bicyclic) bond motifs is 1. The molecule has 0 aliphatic rings. The molecule has 0 fully saturated rings. The molecule has 6 nitrogen and oxygen atoms in total. The Morgan fingerprint density at radius 3 is 2.63 bits per heavy atom. The second-order valence-corrected chi connectivity index (χ2v) is 7.30. The molecule has 0 atom stereocenters. The Morgan fingerprint density at radius 2 is 1.83 bits per heavy atom. The zero-order valence-corrected chi connectivity index (χ0v) is 17.2. The first-order valence-corrected chi connectivity index (χ1v) is 10.1. The molecule has 6 heteroatoms. The summed E-state index contributed by atoms with van der Waals surface area (Å²) in [4.78, 5) is 15.8. The van der Waals surface area contributed by atoms with E-state index in [0.29, 0.717) is 6.54 Å². The molecule has 0 aliphatic heterocycles. The van der Waals surface area contributed by atoms with Crippen molar-refractivity contribution in [1.82, 2.24) is 25.2 Å². The fraction of sp³-hybridized carbons (Fsp3) is 0.208. The first-order chi connectivity index (χ1) is 14.6. The van der Waals surface area contributed by atoms with Gasteiger partial charge in [0.1, 0.15) is 0 Å². The van der Waals surface area contributed by atoms with Crippen LogP contribution in [-0.4, -0.2) is 33.6 Å². The summed E-state index contributed by atoms with van der Waals surface area (Å²) in [5.74, 6) is -0.00929. The maximum Gasteiger partial charge on any atom is 0.216 e. The Balaban J connectivity index is 1.55. The second kappa shape index (κ2) is 8.88. The van der Waals surface area contributed by atoms with Gasteiger partial charge in [0.2, 0.25) is 5.91 Å². The number of rotatable bonds is 7. The van der Waals surface area contributed by atoms with Gasteiger partial charge in [0.05, 0.1) is 18.1 Å². The lowest BCUT2D eigenvalue weighted by atomic mass is 10.0. The van der Waals surface area contributed by atoms with E-state index in [9.17, 15) is 4.79 Å². The number of amides is 1. The van der Waals surface area contributed by atoms with Gasteiger partial charge in [-0.05, 0) is 24.1 Å². The Bertz CT molecular complexity index is 1170. The molecule has 30 heavy (non-hydrogen) atoms. The highest BCUT2D eigenvalue weighted by atomic mass is 16.1. The zero-order valence-electron chi connectivity index (χ0n) is 17.2. The van der Waals surface area contributed by atoms with Crippen molar-refractivity contribution in [3.8, 4) is 22.4 Å². The SMILES string of the molecule is CC(=O)NCCNCc1cccc(-c2cn3ncc(-c4ccccc4)c(C)c3n2)c1. The minimum absolute atomic E-state index is 0.00929. The number of hydrogen-bond donors (Lipinski definition) is 2. The highest BCUT2D eigenvalue weighted by Gasteiger charge is 2.12. The minimum atomic E-state index is -0.00929. The molecule has 4 aromatic rings. The molecule has 2 N–H and O–H groups in total. The maximum atomic E-state index is 10.9. The van der Waals surface area contributed by atoms with E-state index >= 15 is 0 Å². The largest absolute Gasteiger partial charge is 0.355 e. The van der Waals surface area contributed by atoms with Gasteiger partial charge in [-0.15, -0.1) is 0 Å². The van der Waals surface area contributed by atoms with Crippen LogP contribution in [0.25, 0.3) is 28.0 Å². The number of aromatic nitrogens is 3. The van der Waals surface area contributed by atoms with Crippen LogP contribution in [0.2, 0.25) is 0 Å². The summed E-state index contributed by atoms with van der Waals surface area (Å²) in [6.45, 7) is 5.69. The summed E-state index contributed by atoms with van der Waals surface area (Å²) in [6.07, 6.45) is 3.87. The van der Waals surface area contributed by atoms with Crippen molar-refractivity contribution in [3.63, 3.8) is 0 Å². The highest BCUT2D eigenvalue weighted by molar-refractivity contribution is 5.74. The summed E-state index contributed by atoms with van der Waals surface area (Å²) in [5, 5.41) is 10.7. The van der Waals surface area contributed by atoms with E-state index in [0.717, 1.165) is 46.7 Å². The van der Waals surface area contributed by atoms with Crippen molar-refractivity contribution in [2.24, 2.45) is 0 Å². The van der Waals surface area contributed by atoms with Gasteiger partial charge in [-0.25, -0.2) is 9.50 Å². The summed E-state index contributed by atoms with van der Waals surface area (Å²) >= 11 is 0. The maximum absolute atomic E-state index is 10.9. The van der Waals surface area contributed by atoms with Crippen molar-refractivity contribution in [3.05, 3.63) is 78.1 Å². The van der Waals surface area contributed by atoms with E-state index in [1.165, 1.54) is 12.5 Å². The van der Waals surface area contributed by atoms with Gasteiger partial charge in [-0.2, -0.15) is 5.10 Å². The number of benzene rings is 2. The first kappa shape index (κ1) is 19.8. The number of carbonyl (C=O) groups excluding carboxylic acids is 1. The molecule has 0 radical (unpaired) electrons. The predicted molar refractivity (Wildman–Crippen MR) is 119 cm³/mol. The van der Waals surface area contributed by atoms with Gasteiger partial charge in [-0.3, -0.25) is 4.79 Å². The Morgan fingerprint density at radius 1 is 1.03 bits per heavy atom. The molecule has 0 bridgehead atoms. The predicted octanol–water partition coefficient (Wildman–Crippen LogP) is 3.60. The lowest BCUT2D eigenvalue weighted by molar-refractivity contribution is -0.118. The number of carbonyl (C=O) groups is 1. The Kier molecular flexibility index (Phi) is 5.86. The third-order valence-corrected chi connectivity index (χ3v) is 5.05. The molecular weight excluding hydrogens is 374 g/mol. The van der Waals surface area contributed by atoms with Gasteiger partial charge in [-0.1, -0.05) is 48.5 Å². The van der Waals surface area contributed by atoms with Gasteiger partial charge in [0.15, 0.2) is 5.65 Å². The van der Waals surface area contributed by atoms with Gasteiger partial charge in [0.25, 0.3) is 0 Å². The average Bonchev–Trinajstić information content (AvgIpc) is 3.20. The van der Waals surface area contributed by atoms with Gasteiger partial charge < -0.3 is 10.6 Å². The molecule has 0 unspecified atom stereocenters. The third kappa shape index (κ3) is 4.39. The van der Waals surface area contributed by atoms with E-state index in [-0.39, 0.29) is 5.91 Å². The fourth-order valence-electron chi connectivity index (χ4n) is 3.50. The van der Waals surface area contributed by atoms with Crippen LogP contribution in [-0.2, 0) is 11.3 Å². The van der Waals surface area contributed by atoms with E-state index in [4.69, 9.17) is 4.98 Å². The van der Waals surface area contributed by atoms with Crippen molar-refractivity contribution < 1.29 is 4.79 Å². The lowest BCUT2D eigenvalue weighted by Gasteiger charge is -2.06. The summed E-state index contributed by atoms with van der Waals surface area (Å²) in [5.41, 5.74) is 7.34. The Labute approximate surface area is 176 Å². The van der Waals surface area contributed by atoms with Crippen LogP contribution in [0.4, 0.5) is 0 Å². The van der Waals surface area contributed by atoms with Gasteiger partial charge in [0, 0.05) is 43.2 Å². The third-order valence-electron chi connectivity index (χ3n) is 5.05. The highest BCUT2D eigenvalue weighted by Crippen LogP contribution is 2.27. The summed E-state index contributed by atoms with van der Waals surface area (Å²) < 4.78 is 1.84. The number of imidazole rings is 1. The topological polar surface area (TPSA) is 71.3 Å². The van der Waals surface area contributed by atoms with Crippen LogP contribution < -0.4 is 10.6 Å². The Hall–Kier alpha value is -3.51. The molecule has 2 heterocycles. The molecular formula is C24H25N5O. The van der Waals surface area contributed by atoms with Crippen molar-refractivity contribution in [2.75, 3.05) is 13.1 Å². The summed E-state index contributed by atoms with van der Waals surface area (Å²) in [6, 6.07) is 18.6. The molecule has 2 aromatic carbocycles. The van der Waals surface area contributed by atoms with Crippen molar-refractivity contribution in [1.29, 1.82) is 0 Å². The molecule has 4 rings (SSSR count). The summed E-state index contributed by atoms with van der Waals surface area (Å²) in [7, 11) is 0. The van der Waals surface area contributed by atoms with Crippen LogP contribution in [0, 0.1) is 6.92 Å². The monoisotopic (exact) mass is 399 g/mol. The van der Waals surface area contributed by atoms with E-state index in [1.54, 1.807) is 0 Å². The van der Waals surface area contributed by atoms with Crippen LogP contribution in [0.1, 0.15) is 18.1 Å². The first-order valence-electron chi connectivity index (χ1n) is 10.1.